The Morgan fingerprint density at radius 2 is 1.67 bits per heavy atom. The number of rotatable bonds is 5. The maximum absolute atomic E-state index is 14.2. The van der Waals surface area contributed by atoms with Gasteiger partial charge in [0.05, 0.1) is 42.2 Å². The third-order valence-electron chi connectivity index (χ3n) is 6.47. The van der Waals surface area contributed by atoms with Crippen molar-refractivity contribution >= 4 is 34.5 Å². The summed E-state index contributed by atoms with van der Waals surface area (Å²) in [6, 6.07) is 14.1. The van der Waals surface area contributed by atoms with E-state index in [0.717, 1.165) is 9.47 Å². The number of benzene rings is 2. The number of nitrogens with zero attached hydrogens (tertiary/aromatic N) is 6. The molecule has 1 aliphatic heterocycles. The van der Waals surface area contributed by atoms with Crippen LogP contribution >= 0.6 is 0 Å². The van der Waals surface area contributed by atoms with Gasteiger partial charge in [0.15, 0.2) is 0 Å². The fourth-order valence-corrected chi connectivity index (χ4v) is 4.57. The van der Waals surface area contributed by atoms with Gasteiger partial charge < -0.3 is 20.1 Å². The lowest BCUT2D eigenvalue weighted by molar-refractivity contribution is -0.145. The molecule has 0 bridgehead atoms. The number of hydrogen-bond donors (Lipinski definition) is 1. The SMILES string of the molecule is CC(C)(C)OC(=O)N(C(=O)CN)c1ccc(-c2cc(N3CCOCC3)nc(-n3c(C(F)(F)F)nc4ccccc43)n2)cc1. The van der Waals surface area contributed by atoms with Gasteiger partial charge >= 0.3 is 12.3 Å². The first kappa shape index (κ1) is 29.9. The molecule has 2 N–H and O–H groups in total. The quantitative estimate of drug-likeness (QED) is 0.352. The monoisotopic (exact) mass is 597 g/mol. The highest BCUT2D eigenvalue weighted by molar-refractivity contribution is 6.13. The van der Waals surface area contributed by atoms with Crippen LogP contribution in [0.15, 0.2) is 54.6 Å². The molecule has 0 radical (unpaired) electrons. The molecule has 2 amide bonds. The summed E-state index contributed by atoms with van der Waals surface area (Å²) < 4.78 is 54.3. The molecule has 11 nitrogen and oxygen atoms in total. The lowest BCUT2D eigenvalue weighted by Gasteiger charge is -2.28. The van der Waals surface area contributed by atoms with Crippen LogP contribution in [0.25, 0.3) is 28.2 Å². The van der Waals surface area contributed by atoms with E-state index >= 15 is 0 Å². The third kappa shape index (κ3) is 6.44. The molecular formula is C29H30F3N7O4. The van der Waals surface area contributed by atoms with Crippen molar-refractivity contribution in [3.63, 3.8) is 0 Å². The lowest BCUT2D eigenvalue weighted by Crippen LogP contribution is -2.43. The molecule has 0 saturated carbocycles. The predicted molar refractivity (Wildman–Crippen MR) is 153 cm³/mol. The lowest BCUT2D eigenvalue weighted by atomic mass is 10.1. The molecule has 5 rings (SSSR count). The highest BCUT2D eigenvalue weighted by Crippen LogP contribution is 2.34. The molecule has 0 spiro atoms. The van der Waals surface area contributed by atoms with Crippen LogP contribution in [0.2, 0.25) is 0 Å². The molecule has 0 unspecified atom stereocenters. The van der Waals surface area contributed by atoms with Crippen molar-refractivity contribution in [2.24, 2.45) is 5.73 Å². The third-order valence-corrected chi connectivity index (χ3v) is 6.47. The van der Waals surface area contributed by atoms with Gasteiger partial charge in [0, 0.05) is 24.7 Å². The van der Waals surface area contributed by atoms with E-state index in [1.165, 1.54) is 24.3 Å². The van der Waals surface area contributed by atoms with Crippen molar-refractivity contribution in [1.82, 2.24) is 19.5 Å². The minimum atomic E-state index is -4.78. The number of imidazole rings is 1. The Balaban J connectivity index is 1.62. The normalized spacial score (nSPS) is 14.2. The number of ether oxygens (including phenoxy) is 2. The van der Waals surface area contributed by atoms with Crippen LogP contribution in [0.3, 0.4) is 0 Å². The van der Waals surface area contributed by atoms with Crippen LogP contribution < -0.4 is 15.5 Å². The molecular weight excluding hydrogens is 567 g/mol. The first-order valence-electron chi connectivity index (χ1n) is 13.5. The van der Waals surface area contributed by atoms with E-state index in [-0.39, 0.29) is 22.7 Å². The largest absolute Gasteiger partial charge is 0.450 e. The van der Waals surface area contributed by atoms with Crippen molar-refractivity contribution in [3.05, 3.63) is 60.4 Å². The van der Waals surface area contributed by atoms with E-state index in [1.807, 2.05) is 4.90 Å². The van der Waals surface area contributed by atoms with E-state index in [4.69, 9.17) is 15.2 Å². The number of carbonyl (C=O) groups is 2. The zero-order chi connectivity index (χ0) is 30.9. The van der Waals surface area contributed by atoms with Gasteiger partial charge in [-0.15, -0.1) is 0 Å². The number of morpholine rings is 1. The summed E-state index contributed by atoms with van der Waals surface area (Å²) in [5, 5.41) is 0. The molecule has 1 aliphatic rings. The Kier molecular flexibility index (Phi) is 8.08. The molecule has 226 valence electrons. The number of fused-ring (bicyclic) bond motifs is 1. The van der Waals surface area contributed by atoms with Gasteiger partial charge in [-0.25, -0.2) is 19.7 Å². The standard InChI is InChI=1S/C29H30F3N7O4/c1-28(2,3)43-27(41)38(24(40)17-33)19-10-8-18(9-11-19)21-16-23(37-12-14-42-15-13-37)36-26(35-21)39-22-7-5-4-6-20(22)34-25(39)29(30,31)32/h4-11,16H,12-15,17,33H2,1-3H3. The van der Waals surface area contributed by atoms with Crippen molar-refractivity contribution in [2.45, 2.75) is 32.5 Å². The highest BCUT2D eigenvalue weighted by atomic mass is 19.4. The summed E-state index contributed by atoms with van der Waals surface area (Å²) in [4.78, 5) is 41.1. The predicted octanol–water partition coefficient (Wildman–Crippen LogP) is 4.56. The van der Waals surface area contributed by atoms with E-state index < -0.39 is 36.1 Å². The summed E-state index contributed by atoms with van der Waals surface area (Å²) in [7, 11) is 0. The van der Waals surface area contributed by atoms with Crippen LogP contribution in [0.5, 0.6) is 0 Å². The molecule has 4 aromatic rings. The van der Waals surface area contributed by atoms with E-state index in [1.54, 1.807) is 51.1 Å². The number of amides is 2. The number of aromatic nitrogens is 4. The number of halogens is 3. The number of carbonyl (C=O) groups excluding carboxylic acids is 2. The number of hydrogen-bond acceptors (Lipinski definition) is 9. The molecule has 2 aromatic heterocycles. The van der Waals surface area contributed by atoms with Crippen molar-refractivity contribution in [1.29, 1.82) is 0 Å². The van der Waals surface area contributed by atoms with Gasteiger partial charge in [0.1, 0.15) is 11.4 Å². The fourth-order valence-electron chi connectivity index (χ4n) is 4.57. The Bertz CT molecular complexity index is 1640. The Hall–Kier alpha value is -4.56. The number of para-hydroxylation sites is 2. The van der Waals surface area contributed by atoms with Gasteiger partial charge in [0.2, 0.25) is 17.7 Å². The van der Waals surface area contributed by atoms with E-state index in [9.17, 15) is 22.8 Å². The molecule has 2 aromatic carbocycles. The smallest absolute Gasteiger partial charge is 0.443 e. The molecule has 1 saturated heterocycles. The Labute approximate surface area is 245 Å². The number of imide groups is 1. The fraction of sp³-hybridized carbons (Fsp3) is 0.345. The summed E-state index contributed by atoms with van der Waals surface area (Å²) in [6.45, 7) is 6.42. The number of alkyl halides is 3. The van der Waals surface area contributed by atoms with Crippen LogP contribution in [-0.2, 0) is 20.4 Å². The van der Waals surface area contributed by atoms with Gasteiger partial charge in [-0.3, -0.25) is 9.36 Å². The average molecular weight is 598 g/mol. The summed E-state index contributed by atoms with van der Waals surface area (Å²) in [5.41, 5.74) is 6.06. The number of anilines is 2. The van der Waals surface area contributed by atoms with Crippen molar-refractivity contribution < 1.29 is 32.2 Å². The first-order chi connectivity index (χ1) is 20.4. The van der Waals surface area contributed by atoms with Crippen molar-refractivity contribution in [2.75, 3.05) is 42.6 Å². The van der Waals surface area contributed by atoms with E-state index in [2.05, 4.69) is 15.0 Å². The van der Waals surface area contributed by atoms with Crippen LogP contribution in [-0.4, -0.2) is 70.0 Å². The topological polar surface area (TPSA) is 129 Å². The van der Waals surface area contributed by atoms with Crippen LogP contribution in [0.1, 0.15) is 26.6 Å². The van der Waals surface area contributed by atoms with E-state index in [0.29, 0.717) is 43.4 Å². The highest BCUT2D eigenvalue weighted by Gasteiger charge is 2.39. The van der Waals surface area contributed by atoms with Gasteiger partial charge in [-0.1, -0.05) is 24.3 Å². The molecule has 1 fully saturated rings. The first-order valence-corrected chi connectivity index (χ1v) is 13.5. The minimum Gasteiger partial charge on any atom is -0.443 e. The number of nitrogens with two attached hydrogens (primary N) is 1. The zero-order valence-electron chi connectivity index (χ0n) is 23.8. The zero-order valence-corrected chi connectivity index (χ0v) is 23.8. The summed E-state index contributed by atoms with van der Waals surface area (Å²) in [5.74, 6) is -1.63. The second-order valence-electron chi connectivity index (χ2n) is 10.7. The summed E-state index contributed by atoms with van der Waals surface area (Å²) in [6.07, 6.45) is -5.67. The molecule has 14 heteroatoms. The minimum absolute atomic E-state index is 0.146. The maximum Gasteiger partial charge on any atom is 0.450 e. The second-order valence-corrected chi connectivity index (χ2v) is 10.7. The summed E-state index contributed by atoms with van der Waals surface area (Å²) >= 11 is 0. The Morgan fingerprint density at radius 1 is 1.00 bits per heavy atom. The molecule has 0 atom stereocenters. The Morgan fingerprint density at radius 3 is 2.30 bits per heavy atom. The van der Waals surface area contributed by atoms with Crippen LogP contribution in [0.4, 0.5) is 29.5 Å². The average Bonchev–Trinajstić information content (AvgIpc) is 3.37. The van der Waals surface area contributed by atoms with Gasteiger partial charge in [0.25, 0.3) is 0 Å². The molecule has 0 aliphatic carbocycles. The maximum atomic E-state index is 14.2. The van der Waals surface area contributed by atoms with Crippen LogP contribution in [0, 0.1) is 0 Å². The molecule has 43 heavy (non-hydrogen) atoms. The van der Waals surface area contributed by atoms with Gasteiger partial charge in [-0.05, 0) is 45.0 Å². The van der Waals surface area contributed by atoms with Crippen molar-refractivity contribution in [3.8, 4) is 17.2 Å². The molecule has 3 heterocycles. The second kappa shape index (κ2) is 11.6. The van der Waals surface area contributed by atoms with Gasteiger partial charge in [-0.2, -0.15) is 18.2 Å².